The van der Waals surface area contributed by atoms with E-state index in [2.05, 4.69) is 15.5 Å². The van der Waals surface area contributed by atoms with Crippen molar-refractivity contribution < 1.29 is 9.21 Å². The van der Waals surface area contributed by atoms with E-state index in [0.717, 1.165) is 5.69 Å². The van der Waals surface area contributed by atoms with E-state index in [1.807, 2.05) is 12.1 Å². The molecule has 0 spiro atoms. The maximum atomic E-state index is 11.8. The molecule has 2 aromatic rings. The monoisotopic (exact) mass is 243 g/mol. The molecule has 1 N–H and O–H groups in total. The van der Waals surface area contributed by atoms with Crippen molar-refractivity contribution in [1.29, 1.82) is 0 Å². The van der Waals surface area contributed by atoms with E-state index >= 15 is 0 Å². The molecule has 0 radical (unpaired) electrons. The lowest BCUT2D eigenvalue weighted by Gasteiger charge is -2.02. The SMILES string of the molecule is O=C(NCc1ccco1)c1ccc(C2CC2)nn1. The largest absolute Gasteiger partial charge is 0.467 e. The Labute approximate surface area is 104 Å². The third-order valence-electron chi connectivity index (χ3n) is 2.92. The normalized spacial score (nSPS) is 14.4. The van der Waals surface area contributed by atoms with Gasteiger partial charge in [-0.3, -0.25) is 4.79 Å². The molecule has 0 saturated heterocycles. The van der Waals surface area contributed by atoms with Gasteiger partial charge < -0.3 is 9.73 Å². The summed E-state index contributed by atoms with van der Waals surface area (Å²) >= 11 is 0. The third-order valence-corrected chi connectivity index (χ3v) is 2.92. The Balaban J connectivity index is 1.61. The molecule has 1 saturated carbocycles. The summed E-state index contributed by atoms with van der Waals surface area (Å²) in [7, 11) is 0. The van der Waals surface area contributed by atoms with Crippen LogP contribution in [-0.4, -0.2) is 16.1 Å². The molecule has 2 heterocycles. The van der Waals surface area contributed by atoms with Crippen molar-refractivity contribution in [3.05, 3.63) is 47.7 Å². The van der Waals surface area contributed by atoms with Gasteiger partial charge in [0.1, 0.15) is 5.76 Å². The van der Waals surface area contributed by atoms with E-state index in [1.165, 1.54) is 12.8 Å². The molecule has 0 aliphatic heterocycles. The molecule has 1 aliphatic rings. The lowest BCUT2D eigenvalue weighted by atomic mass is 10.2. The fourth-order valence-electron chi connectivity index (χ4n) is 1.73. The minimum atomic E-state index is -0.235. The molecular formula is C13H13N3O2. The minimum Gasteiger partial charge on any atom is -0.467 e. The number of carbonyl (C=O) groups excluding carboxylic acids is 1. The molecule has 3 rings (SSSR count). The summed E-state index contributed by atoms with van der Waals surface area (Å²) in [5.41, 5.74) is 1.32. The van der Waals surface area contributed by atoms with E-state index in [-0.39, 0.29) is 5.91 Å². The highest BCUT2D eigenvalue weighted by atomic mass is 16.3. The van der Waals surface area contributed by atoms with Crippen LogP contribution in [0.2, 0.25) is 0 Å². The number of nitrogens with one attached hydrogen (secondary N) is 1. The molecule has 1 amide bonds. The van der Waals surface area contributed by atoms with Gasteiger partial charge in [0, 0.05) is 5.92 Å². The highest BCUT2D eigenvalue weighted by Crippen LogP contribution is 2.38. The van der Waals surface area contributed by atoms with Crippen LogP contribution < -0.4 is 5.32 Å². The summed E-state index contributed by atoms with van der Waals surface area (Å²) in [6.45, 7) is 0.359. The number of hydrogen-bond donors (Lipinski definition) is 1. The molecule has 0 atom stereocenters. The van der Waals surface area contributed by atoms with Gasteiger partial charge in [0.2, 0.25) is 0 Å². The zero-order valence-electron chi connectivity index (χ0n) is 9.80. The van der Waals surface area contributed by atoms with Gasteiger partial charge in [-0.25, -0.2) is 0 Å². The molecule has 2 aromatic heterocycles. The van der Waals surface area contributed by atoms with Crippen molar-refractivity contribution >= 4 is 5.91 Å². The van der Waals surface area contributed by atoms with Crippen LogP contribution >= 0.6 is 0 Å². The van der Waals surface area contributed by atoms with Gasteiger partial charge in [-0.15, -0.1) is 5.10 Å². The molecule has 0 bridgehead atoms. The number of rotatable bonds is 4. The molecule has 0 unspecified atom stereocenters. The van der Waals surface area contributed by atoms with Crippen molar-refractivity contribution in [2.45, 2.75) is 25.3 Å². The van der Waals surface area contributed by atoms with Crippen molar-refractivity contribution in [2.75, 3.05) is 0 Å². The quantitative estimate of drug-likeness (QED) is 0.890. The first kappa shape index (κ1) is 11.0. The van der Waals surface area contributed by atoms with Crippen LogP contribution in [0.3, 0.4) is 0 Å². The van der Waals surface area contributed by atoms with Gasteiger partial charge in [-0.1, -0.05) is 0 Å². The highest BCUT2D eigenvalue weighted by Gasteiger charge is 2.25. The van der Waals surface area contributed by atoms with Gasteiger partial charge in [-0.2, -0.15) is 5.10 Å². The van der Waals surface area contributed by atoms with Gasteiger partial charge in [0.05, 0.1) is 18.5 Å². The second-order valence-corrected chi connectivity index (χ2v) is 4.38. The number of amides is 1. The molecule has 1 fully saturated rings. The predicted molar refractivity (Wildman–Crippen MR) is 63.9 cm³/mol. The molecular weight excluding hydrogens is 230 g/mol. The Morgan fingerprint density at radius 2 is 2.22 bits per heavy atom. The summed E-state index contributed by atoms with van der Waals surface area (Å²) < 4.78 is 5.13. The number of nitrogens with zero attached hydrogens (tertiary/aromatic N) is 2. The van der Waals surface area contributed by atoms with Crippen LogP contribution in [0.1, 0.15) is 40.7 Å². The molecule has 5 heteroatoms. The maximum absolute atomic E-state index is 11.8. The first-order valence-corrected chi connectivity index (χ1v) is 5.97. The second kappa shape index (κ2) is 4.60. The molecule has 0 aromatic carbocycles. The van der Waals surface area contributed by atoms with Crippen molar-refractivity contribution in [1.82, 2.24) is 15.5 Å². The summed E-state index contributed by atoms with van der Waals surface area (Å²) in [6, 6.07) is 7.19. The number of furan rings is 1. The van der Waals surface area contributed by atoms with E-state index in [4.69, 9.17) is 4.42 Å². The Morgan fingerprint density at radius 3 is 2.83 bits per heavy atom. The molecule has 5 nitrogen and oxygen atoms in total. The minimum absolute atomic E-state index is 0.235. The molecule has 92 valence electrons. The van der Waals surface area contributed by atoms with Gasteiger partial charge >= 0.3 is 0 Å². The van der Waals surface area contributed by atoms with Gasteiger partial charge in [-0.05, 0) is 37.1 Å². The van der Waals surface area contributed by atoms with Crippen LogP contribution in [0, 0.1) is 0 Å². The van der Waals surface area contributed by atoms with Gasteiger partial charge in [0.15, 0.2) is 5.69 Å². The lowest BCUT2D eigenvalue weighted by molar-refractivity contribution is 0.0942. The van der Waals surface area contributed by atoms with Crippen LogP contribution in [0.5, 0.6) is 0 Å². The van der Waals surface area contributed by atoms with Crippen molar-refractivity contribution in [3.63, 3.8) is 0 Å². The average Bonchev–Trinajstić information content (AvgIpc) is 3.13. The first-order chi connectivity index (χ1) is 8.83. The van der Waals surface area contributed by atoms with E-state index in [9.17, 15) is 4.79 Å². The summed E-state index contributed by atoms with van der Waals surface area (Å²) in [5, 5.41) is 10.8. The number of carbonyl (C=O) groups is 1. The Hall–Kier alpha value is -2.17. The predicted octanol–water partition coefficient (Wildman–Crippen LogP) is 1.88. The van der Waals surface area contributed by atoms with Crippen LogP contribution in [0.4, 0.5) is 0 Å². The Kier molecular flexibility index (Phi) is 2.80. The average molecular weight is 243 g/mol. The standard InChI is InChI=1S/C13H13N3O2/c17-13(14-8-10-2-1-7-18-10)12-6-5-11(15-16-12)9-3-4-9/h1-2,5-7,9H,3-4,8H2,(H,14,17). The highest BCUT2D eigenvalue weighted by molar-refractivity contribution is 5.91. The topological polar surface area (TPSA) is 68.0 Å². The second-order valence-electron chi connectivity index (χ2n) is 4.38. The summed E-state index contributed by atoms with van der Waals surface area (Å²) in [6.07, 6.45) is 3.93. The maximum Gasteiger partial charge on any atom is 0.272 e. The lowest BCUT2D eigenvalue weighted by Crippen LogP contribution is -2.24. The summed E-state index contributed by atoms with van der Waals surface area (Å²) in [4.78, 5) is 11.8. The van der Waals surface area contributed by atoms with Gasteiger partial charge in [0.25, 0.3) is 5.91 Å². The smallest absolute Gasteiger partial charge is 0.272 e. The molecule has 18 heavy (non-hydrogen) atoms. The van der Waals surface area contributed by atoms with Crippen LogP contribution in [0.25, 0.3) is 0 Å². The Bertz CT molecular complexity index is 530. The van der Waals surface area contributed by atoms with Crippen molar-refractivity contribution in [3.8, 4) is 0 Å². The molecule has 1 aliphatic carbocycles. The van der Waals surface area contributed by atoms with Crippen LogP contribution in [0.15, 0.2) is 34.9 Å². The number of hydrogen-bond acceptors (Lipinski definition) is 4. The van der Waals surface area contributed by atoms with Crippen molar-refractivity contribution in [2.24, 2.45) is 0 Å². The zero-order chi connectivity index (χ0) is 12.4. The third kappa shape index (κ3) is 2.40. The zero-order valence-corrected chi connectivity index (χ0v) is 9.80. The number of aromatic nitrogens is 2. The fraction of sp³-hybridized carbons (Fsp3) is 0.308. The summed E-state index contributed by atoms with van der Waals surface area (Å²) in [5.74, 6) is 1.03. The van der Waals surface area contributed by atoms with E-state index in [1.54, 1.807) is 18.4 Å². The first-order valence-electron chi connectivity index (χ1n) is 5.97. The Morgan fingerprint density at radius 1 is 1.33 bits per heavy atom. The fourth-order valence-corrected chi connectivity index (χ4v) is 1.73. The van der Waals surface area contributed by atoms with E-state index in [0.29, 0.717) is 23.9 Å². The van der Waals surface area contributed by atoms with Crippen LogP contribution in [-0.2, 0) is 6.54 Å². The van der Waals surface area contributed by atoms with E-state index < -0.39 is 0 Å².